The van der Waals surface area contributed by atoms with E-state index in [-0.39, 0.29) is 12.1 Å². The summed E-state index contributed by atoms with van der Waals surface area (Å²) in [5, 5.41) is 1.17. The number of benzene rings is 2. The number of rotatable bonds is 4. The highest BCUT2D eigenvalue weighted by molar-refractivity contribution is 5.81. The molecular weight excluding hydrogens is 296 g/mol. The largest absolute Gasteiger partial charge is 0.372 e. The van der Waals surface area contributed by atoms with Crippen molar-refractivity contribution in [1.82, 2.24) is 4.98 Å². The Morgan fingerprint density at radius 3 is 2.58 bits per heavy atom. The Morgan fingerprint density at radius 1 is 0.958 bits per heavy atom. The highest BCUT2D eigenvalue weighted by Gasteiger charge is 2.24. The van der Waals surface area contributed by atoms with E-state index in [0.717, 1.165) is 29.6 Å². The van der Waals surface area contributed by atoms with Crippen LogP contribution in [-0.2, 0) is 11.3 Å². The maximum Gasteiger partial charge on any atom is 0.0730 e. The molecule has 0 amide bonds. The van der Waals surface area contributed by atoms with Crippen LogP contribution in [0.2, 0.25) is 0 Å². The maximum absolute atomic E-state index is 6.06. The molecule has 3 heteroatoms. The molecule has 2 unspecified atom stereocenters. The second-order valence-corrected chi connectivity index (χ2v) is 6.53. The Bertz CT molecular complexity index is 829. The SMILES string of the molecule is NC1CCCC1OCc1ccc(-c2ccc3ccccc3n2)cc1. The molecule has 1 heterocycles. The van der Waals surface area contributed by atoms with Gasteiger partial charge in [0, 0.05) is 17.0 Å². The number of hydrogen-bond donors (Lipinski definition) is 1. The molecule has 2 aromatic carbocycles. The van der Waals surface area contributed by atoms with Crippen LogP contribution in [0, 0.1) is 0 Å². The molecule has 4 rings (SSSR count). The molecule has 0 spiro atoms. The standard InChI is InChI=1S/C21H22N2O/c22-18-5-3-7-21(18)24-14-15-8-10-17(11-9-15)20-13-12-16-4-1-2-6-19(16)23-20/h1-2,4,6,8-13,18,21H,3,5,7,14,22H2. The number of aromatic nitrogens is 1. The van der Waals surface area contributed by atoms with Crippen LogP contribution in [-0.4, -0.2) is 17.1 Å². The third-order valence-electron chi connectivity index (χ3n) is 4.82. The van der Waals surface area contributed by atoms with Crippen LogP contribution in [0.3, 0.4) is 0 Å². The lowest BCUT2D eigenvalue weighted by Gasteiger charge is -2.16. The Kier molecular flexibility index (Phi) is 4.28. The summed E-state index contributed by atoms with van der Waals surface area (Å²) in [5.74, 6) is 0. The van der Waals surface area contributed by atoms with E-state index >= 15 is 0 Å². The van der Waals surface area contributed by atoms with Crippen LogP contribution in [0.5, 0.6) is 0 Å². The van der Waals surface area contributed by atoms with Gasteiger partial charge in [-0.05, 0) is 37.0 Å². The van der Waals surface area contributed by atoms with E-state index in [1.807, 2.05) is 18.2 Å². The van der Waals surface area contributed by atoms with Crippen LogP contribution in [0.1, 0.15) is 24.8 Å². The molecule has 1 aliphatic rings. The molecule has 2 atom stereocenters. The van der Waals surface area contributed by atoms with Crippen molar-refractivity contribution in [3.05, 3.63) is 66.2 Å². The average molecular weight is 318 g/mol. The molecule has 1 aromatic heterocycles. The van der Waals surface area contributed by atoms with Gasteiger partial charge >= 0.3 is 0 Å². The lowest BCUT2D eigenvalue weighted by atomic mass is 10.1. The fraction of sp³-hybridized carbons (Fsp3) is 0.286. The summed E-state index contributed by atoms with van der Waals surface area (Å²) in [5.41, 5.74) is 10.4. The van der Waals surface area contributed by atoms with Crippen molar-refractivity contribution < 1.29 is 4.74 Å². The van der Waals surface area contributed by atoms with Crippen molar-refractivity contribution in [3.63, 3.8) is 0 Å². The zero-order valence-corrected chi connectivity index (χ0v) is 13.7. The molecule has 1 aliphatic carbocycles. The van der Waals surface area contributed by atoms with Crippen molar-refractivity contribution in [2.45, 2.75) is 38.0 Å². The molecule has 2 N–H and O–H groups in total. The molecule has 0 saturated heterocycles. The molecule has 3 nitrogen and oxygen atoms in total. The smallest absolute Gasteiger partial charge is 0.0730 e. The summed E-state index contributed by atoms with van der Waals surface area (Å²) >= 11 is 0. The van der Waals surface area contributed by atoms with E-state index in [1.165, 1.54) is 17.4 Å². The summed E-state index contributed by atoms with van der Waals surface area (Å²) in [6, 6.07) is 21.1. The van der Waals surface area contributed by atoms with Gasteiger partial charge in [-0.2, -0.15) is 0 Å². The molecule has 0 bridgehead atoms. The molecule has 0 aliphatic heterocycles. The van der Waals surface area contributed by atoms with Crippen LogP contribution in [0.25, 0.3) is 22.2 Å². The average Bonchev–Trinajstić information content (AvgIpc) is 3.05. The number of nitrogens with zero attached hydrogens (tertiary/aromatic N) is 1. The lowest BCUT2D eigenvalue weighted by molar-refractivity contribution is 0.0357. The van der Waals surface area contributed by atoms with Gasteiger partial charge in [-0.1, -0.05) is 48.5 Å². The Hall–Kier alpha value is -2.23. The summed E-state index contributed by atoms with van der Waals surface area (Å²) in [6.45, 7) is 0.629. The molecule has 1 fully saturated rings. The zero-order valence-electron chi connectivity index (χ0n) is 13.7. The van der Waals surface area contributed by atoms with E-state index in [4.69, 9.17) is 15.5 Å². The molecule has 122 valence electrons. The van der Waals surface area contributed by atoms with Crippen LogP contribution >= 0.6 is 0 Å². The van der Waals surface area contributed by atoms with Crippen molar-refractivity contribution in [3.8, 4) is 11.3 Å². The minimum Gasteiger partial charge on any atom is -0.372 e. The van der Waals surface area contributed by atoms with E-state index in [0.29, 0.717) is 6.61 Å². The van der Waals surface area contributed by atoms with Gasteiger partial charge in [0.15, 0.2) is 0 Å². The fourth-order valence-electron chi connectivity index (χ4n) is 3.36. The number of pyridine rings is 1. The Labute approximate surface area is 142 Å². The van der Waals surface area contributed by atoms with E-state index in [2.05, 4.69) is 42.5 Å². The highest BCUT2D eigenvalue weighted by Crippen LogP contribution is 2.24. The summed E-state index contributed by atoms with van der Waals surface area (Å²) in [7, 11) is 0. The number of nitrogens with two attached hydrogens (primary N) is 1. The monoisotopic (exact) mass is 318 g/mol. The first-order valence-electron chi connectivity index (χ1n) is 8.62. The zero-order chi connectivity index (χ0) is 16.4. The first-order valence-corrected chi connectivity index (χ1v) is 8.62. The number of para-hydroxylation sites is 1. The highest BCUT2D eigenvalue weighted by atomic mass is 16.5. The first-order chi connectivity index (χ1) is 11.8. The number of fused-ring (bicyclic) bond motifs is 1. The van der Waals surface area contributed by atoms with Gasteiger partial charge in [0.05, 0.1) is 23.9 Å². The van der Waals surface area contributed by atoms with Crippen molar-refractivity contribution in [2.75, 3.05) is 0 Å². The predicted octanol–water partition coefficient (Wildman–Crippen LogP) is 4.30. The van der Waals surface area contributed by atoms with Crippen molar-refractivity contribution in [1.29, 1.82) is 0 Å². The van der Waals surface area contributed by atoms with Gasteiger partial charge in [0.25, 0.3) is 0 Å². The Balaban J connectivity index is 1.48. The molecule has 0 radical (unpaired) electrons. The van der Waals surface area contributed by atoms with E-state index in [1.54, 1.807) is 0 Å². The van der Waals surface area contributed by atoms with Gasteiger partial charge in [0.1, 0.15) is 0 Å². The summed E-state index contributed by atoms with van der Waals surface area (Å²) in [6.07, 6.45) is 3.56. The predicted molar refractivity (Wildman–Crippen MR) is 97.6 cm³/mol. The molecule has 1 saturated carbocycles. The van der Waals surface area contributed by atoms with Crippen molar-refractivity contribution >= 4 is 10.9 Å². The van der Waals surface area contributed by atoms with Gasteiger partial charge in [-0.25, -0.2) is 4.98 Å². The molecular formula is C21H22N2O. The second kappa shape index (κ2) is 6.71. The third kappa shape index (κ3) is 3.18. The minimum atomic E-state index is 0.200. The van der Waals surface area contributed by atoms with Crippen LogP contribution in [0.4, 0.5) is 0 Å². The second-order valence-electron chi connectivity index (χ2n) is 6.53. The third-order valence-corrected chi connectivity index (χ3v) is 4.82. The van der Waals surface area contributed by atoms with Crippen LogP contribution < -0.4 is 5.73 Å². The number of ether oxygens (including phenoxy) is 1. The topological polar surface area (TPSA) is 48.1 Å². The molecule has 24 heavy (non-hydrogen) atoms. The van der Waals surface area contributed by atoms with Crippen LogP contribution in [0.15, 0.2) is 60.7 Å². The number of hydrogen-bond acceptors (Lipinski definition) is 3. The minimum absolute atomic E-state index is 0.200. The maximum atomic E-state index is 6.06. The summed E-state index contributed by atoms with van der Waals surface area (Å²) < 4.78 is 5.96. The van der Waals surface area contributed by atoms with E-state index in [9.17, 15) is 0 Å². The van der Waals surface area contributed by atoms with Gasteiger partial charge in [-0.3, -0.25) is 0 Å². The first kappa shape index (κ1) is 15.3. The summed E-state index contributed by atoms with van der Waals surface area (Å²) in [4.78, 5) is 4.75. The normalized spacial score (nSPS) is 20.5. The van der Waals surface area contributed by atoms with E-state index < -0.39 is 0 Å². The molecule has 3 aromatic rings. The fourth-order valence-corrected chi connectivity index (χ4v) is 3.36. The van der Waals surface area contributed by atoms with Gasteiger partial charge in [0.2, 0.25) is 0 Å². The van der Waals surface area contributed by atoms with Crippen molar-refractivity contribution in [2.24, 2.45) is 5.73 Å². The lowest BCUT2D eigenvalue weighted by Crippen LogP contribution is -2.31. The van der Waals surface area contributed by atoms with Gasteiger partial charge < -0.3 is 10.5 Å². The Morgan fingerprint density at radius 2 is 1.79 bits per heavy atom. The van der Waals surface area contributed by atoms with Gasteiger partial charge in [-0.15, -0.1) is 0 Å². The quantitative estimate of drug-likeness (QED) is 0.780.